The van der Waals surface area contributed by atoms with E-state index >= 15 is 0 Å². The van der Waals surface area contributed by atoms with Gasteiger partial charge in [0.15, 0.2) is 0 Å². The van der Waals surface area contributed by atoms with Gasteiger partial charge < -0.3 is 5.32 Å². The number of carbonyl (C=O) groups excluding carboxylic acids is 3. The first-order valence-electron chi connectivity index (χ1n) is 8.97. The molecule has 0 aliphatic carbocycles. The number of hydrazine groups is 1. The van der Waals surface area contributed by atoms with Crippen molar-refractivity contribution in [1.29, 1.82) is 0 Å². The Labute approximate surface area is 176 Å². The second-order valence-electron chi connectivity index (χ2n) is 6.17. The molecule has 0 unspecified atom stereocenters. The maximum Gasteiger partial charge on any atom is 0.281 e. The predicted octanol–water partition coefficient (Wildman–Crippen LogP) is 3.15. The zero-order valence-electron chi connectivity index (χ0n) is 15.7. The van der Waals surface area contributed by atoms with Crippen LogP contribution in [-0.4, -0.2) is 29.3 Å². The number of aromatic nitrogens is 1. The van der Waals surface area contributed by atoms with Crippen LogP contribution in [0.2, 0.25) is 0 Å². The molecule has 3 aromatic rings. The summed E-state index contributed by atoms with van der Waals surface area (Å²) in [5.41, 5.74) is 6.98. The van der Waals surface area contributed by atoms with Crippen molar-refractivity contribution in [3.63, 3.8) is 0 Å². The Bertz CT molecular complexity index is 985. The minimum atomic E-state index is -0.402. The van der Waals surface area contributed by atoms with Crippen molar-refractivity contribution in [1.82, 2.24) is 21.2 Å². The Morgan fingerprint density at radius 1 is 1.03 bits per heavy atom. The highest BCUT2D eigenvalue weighted by Gasteiger charge is 2.16. The van der Waals surface area contributed by atoms with Crippen LogP contribution in [-0.2, 0) is 4.79 Å². The fourth-order valence-corrected chi connectivity index (χ4v) is 4.11. The zero-order chi connectivity index (χ0) is 20.6. The summed E-state index contributed by atoms with van der Waals surface area (Å²) in [5.74, 6) is -0.885. The second-order valence-corrected chi connectivity index (χ2v) is 7.95. The van der Waals surface area contributed by atoms with Gasteiger partial charge in [0, 0.05) is 29.5 Å². The molecule has 3 rings (SSSR count). The molecule has 0 spiro atoms. The van der Waals surface area contributed by atoms with Crippen molar-refractivity contribution in [3.05, 3.63) is 63.3 Å². The molecular weight excluding hydrogens is 408 g/mol. The molecule has 0 atom stereocenters. The number of amides is 3. The van der Waals surface area contributed by atoms with Gasteiger partial charge in [-0.25, -0.2) is 4.98 Å². The molecule has 0 radical (unpaired) electrons. The number of thiazole rings is 1. The fraction of sp³-hybridized carbons (Fsp3) is 0.200. The van der Waals surface area contributed by atoms with Crippen LogP contribution in [0.1, 0.15) is 38.6 Å². The van der Waals surface area contributed by atoms with Gasteiger partial charge in [-0.1, -0.05) is 30.3 Å². The standard InChI is InChI=1S/C20H20N4O3S2/c1-13-17(29-20(22-13)14-6-3-2-4-7-14)19(27)24-23-16(25)8-5-10-21-18(26)15-9-11-28-12-15/h2-4,6-7,9,11-12H,5,8,10H2,1H3,(H,21,26)(H,23,25)(H,24,27). The van der Waals surface area contributed by atoms with Crippen molar-refractivity contribution in [2.75, 3.05) is 6.54 Å². The molecule has 0 fully saturated rings. The first-order chi connectivity index (χ1) is 14.0. The summed E-state index contributed by atoms with van der Waals surface area (Å²) >= 11 is 2.73. The second kappa shape index (κ2) is 9.94. The van der Waals surface area contributed by atoms with Gasteiger partial charge in [0.2, 0.25) is 5.91 Å². The van der Waals surface area contributed by atoms with E-state index < -0.39 is 5.91 Å². The van der Waals surface area contributed by atoms with Gasteiger partial charge in [-0.05, 0) is 24.8 Å². The Hall–Kier alpha value is -3.04. The van der Waals surface area contributed by atoms with Crippen LogP contribution in [0.4, 0.5) is 0 Å². The molecule has 3 N–H and O–H groups in total. The van der Waals surface area contributed by atoms with Crippen LogP contribution < -0.4 is 16.2 Å². The quantitative estimate of drug-likeness (QED) is 0.398. The van der Waals surface area contributed by atoms with E-state index in [-0.39, 0.29) is 18.2 Å². The van der Waals surface area contributed by atoms with Gasteiger partial charge in [0.25, 0.3) is 11.8 Å². The van der Waals surface area contributed by atoms with Crippen molar-refractivity contribution in [3.8, 4) is 10.6 Å². The number of benzene rings is 1. The number of nitrogens with zero attached hydrogens (tertiary/aromatic N) is 1. The van der Waals surface area contributed by atoms with Crippen molar-refractivity contribution >= 4 is 40.4 Å². The predicted molar refractivity (Wildman–Crippen MR) is 114 cm³/mol. The Balaban J connectivity index is 1.41. The molecule has 29 heavy (non-hydrogen) atoms. The lowest BCUT2D eigenvalue weighted by molar-refractivity contribution is -0.121. The molecule has 9 heteroatoms. The number of carbonyl (C=O) groups is 3. The number of hydrogen-bond donors (Lipinski definition) is 3. The van der Waals surface area contributed by atoms with Crippen LogP contribution in [0.3, 0.4) is 0 Å². The Morgan fingerprint density at radius 2 is 1.83 bits per heavy atom. The van der Waals surface area contributed by atoms with E-state index in [4.69, 9.17) is 0 Å². The van der Waals surface area contributed by atoms with E-state index in [0.717, 1.165) is 10.6 Å². The monoisotopic (exact) mass is 428 g/mol. The largest absolute Gasteiger partial charge is 0.352 e. The molecule has 0 saturated heterocycles. The van der Waals surface area contributed by atoms with E-state index in [2.05, 4.69) is 21.2 Å². The van der Waals surface area contributed by atoms with Crippen LogP contribution in [0, 0.1) is 6.92 Å². The summed E-state index contributed by atoms with van der Waals surface area (Å²) in [4.78, 5) is 40.9. The van der Waals surface area contributed by atoms with Gasteiger partial charge in [-0.2, -0.15) is 11.3 Å². The summed E-state index contributed by atoms with van der Waals surface area (Å²) < 4.78 is 0. The third kappa shape index (κ3) is 5.72. The summed E-state index contributed by atoms with van der Waals surface area (Å²) in [7, 11) is 0. The third-order valence-corrected chi connectivity index (χ3v) is 5.88. The maximum atomic E-state index is 12.4. The third-order valence-electron chi connectivity index (χ3n) is 3.99. The molecule has 2 aromatic heterocycles. The molecular formula is C20H20N4O3S2. The van der Waals surface area contributed by atoms with Crippen molar-refractivity contribution in [2.45, 2.75) is 19.8 Å². The molecule has 0 aliphatic heterocycles. The number of hydrogen-bond acceptors (Lipinski definition) is 6. The minimum Gasteiger partial charge on any atom is -0.352 e. The normalized spacial score (nSPS) is 10.4. The Morgan fingerprint density at radius 3 is 2.55 bits per heavy atom. The molecule has 150 valence electrons. The summed E-state index contributed by atoms with van der Waals surface area (Å²) in [6.07, 6.45) is 0.649. The fourth-order valence-electron chi connectivity index (χ4n) is 2.50. The lowest BCUT2D eigenvalue weighted by Gasteiger charge is -2.07. The van der Waals surface area contributed by atoms with Gasteiger partial charge in [-0.3, -0.25) is 25.2 Å². The number of nitrogens with one attached hydrogen (secondary N) is 3. The van der Waals surface area contributed by atoms with Gasteiger partial charge in [0.05, 0.1) is 5.69 Å². The SMILES string of the molecule is Cc1nc(-c2ccccc2)sc1C(=O)NNC(=O)CCCNC(=O)c1ccsc1. The smallest absolute Gasteiger partial charge is 0.281 e. The maximum absolute atomic E-state index is 12.4. The molecule has 0 saturated carbocycles. The molecule has 3 amide bonds. The van der Waals surface area contributed by atoms with Crippen molar-refractivity contribution in [2.24, 2.45) is 0 Å². The van der Waals surface area contributed by atoms with Gasteiger partial charge in [0.1, 0.15) is 9.88 Å². The lowest BCUT2D eigenvalue weighted by Crippen LogP contribution is -2.41. The first kappa shape index (κ1) is 20.7. The average molecular weight is 429 g/mol. The number of rotatable bonds is 7. The van der Waals surface area contributed by atoms with Gasteiger partial charge >= 0.3 is 0 Å². The highest BCUT2D eigenvalue weighted by molar-refractivity contribution is 7.17. The topological polar surface area (TPSA) is 100 Å². The van der Waals surface area contributed by atoms with E-state index in [1.54, 1.807) is 18.4 Å². The molecule has 1 aromatic carbocycles. The van der Waals surface area contributed by atoms with Crippen molar-refractivity contribution < 1.29 is 14.4 Å². The van der Waals surface area contributed by atoms with E-state index in [9.17, 15) is 14.4 Å². The molecule has 2 heterocycles. The molecule has 0 aliphatic rings. The summed E-state index contributed by atoms with van der Waals surface area (Å²) in [5, 5.41) is 7.10. The van der Waals surface area contributed by atoms with E-state index in [1.165, 1.54) is 22.7 Å². The van der Waals surface area contributed by atoms with Crippen LogP contribution in [0.25, 0.3) is 10.6 Å². The minimum absolute atomic E-state index is 0.158. The average Bonchev–Trinajstić information content (AvgIpc) is 3.40. The zero-order valence-corrected chi connectivity index (χ0v) is 17.4. The number of aryl methyl sites for hydroxylation is 1. The number of thiophene rings is 1. The summed E-state index contributed by atoms with van der Waals surface area (Å²) in [6.45, 7) is 2.14. The van der Waals surface area contributed by atoms with Crippen LogP contribution >= 0.6 is 22.7 Å². The highest BCUT2D eigenvalue weighted by Crippen LogP contribution is 2.27. The van der Waals surface area contributed by atoms with E-state index in [1.807, 2.05) is 35.7 Å². The highest BCUT2D eigenvalue weighted by atomic mass is 32.1. The molecule has 7 nitrogen and oxygen atoms in total. The van der Waals surface area contributed by atoms with Crippen LogP contribution in [0.15, 0.2) is 47.2 Å². The van der Waals surface area contributed by atoms with Crippen LogP contribution in [0.5, 0.6) is 0 Å². The molecule has 0 bridgehead atoms. The van der Waals surface area contributed by atoms with Gasteiger partial charge in [-0.15, -0.1) is 11.3 Å². The lowest BCUT2D eigenvalue weighted by atomic mass is 10.2. The summed E-state index contributed by atoms with van der Waals surface area (Å²) in [6, 6.07) is 11.3. The Kier molecular flexibility index (Phi) is 7.09. The first-order valence-corrected chi connectivity index (χ1v) is 10.7. The van der Waals surface area contributed by atoms with E-state index in [0.29, 0.717) is 29.1 Å².